The van der Waals surface area contributed by atoms with Crippen molar-refractivity contribution in [1.82, 2.24) is 9.88 Å². The van der Waals surface area contributed by atoms with Crippen molar-refractivity contribution in [3.8, 4) is 11.5 Å². The minimum atomic E-state index is -0.00720. The lowest BCUT2D eigenvalue weighted by molar-refractivity contribution is 0.157. The molecule has 1 atom stereocenters. The average molecular weight is 399 g/mol. The van der Waals surface area contributed by atoms with Gasteiger partial charge in [-0.1, -0.05) is 35.6 Å². The molecule has 0 radical (unpaired) electrons. The van der Waals surface area contributed by atoms with Crippen molar-refractivity contribution in [1.29, 1.82) is 0 Å². The number of methoxy groups -OCH3 is 1. The zero-order valence-corrected chi connectivity index (χ0v) is 16.9. The van der Waals surface area contributed by atoms with Crippen LogP contribution in [0, 0.1) is 0 Å². The third kappa shape index (κ3) is 4.22. The third-order valence-corrected chi connectivity index (χ3v) is 6.17. The van der Waals surface area contributed by atoms with E-state index in [0.29, 0.717) is 6.61 Å². The Labute approximate surface area is 169 Å². The number of piperazine rings is 1. The van der Waals surface area contributed by atoms with E-state index >= 15 is 0 Å². The number of thiazole rings is 1. The van der Waals surface area contributed by atoms with Gasteiger partial charge in [0.25, 0.3) is 0 Å². The topological polar surface area (TPSA) is 63.9 Å². The smallest absolute Gasteiger partial charge is 0.186 e. The summed E-state index contributed by atoms with van der Waals surface area (Å²) in [5.41, 5.74) is 7.49. The Bertz CT molecular complexity index is 875. The fourth-order valence-electron chi connectivity index (χ4n) is 3.45. The molecule has 3 aromatic rings. The molecule has 1 aliphatic rings. The van der Waals surface area contributed by atoms with Crippen molar-refractivity contribution in [3.05, 3.63) is 48.5 Å². The number of benzene rings is 2. The van der Waals surface area contributed by atoms with Gasteiger partial charge in [0.15, 0.2) is 16.6 Å². The van der Waals surface area contributed by atoms with E-state index in [-0.39, 0.29) is 6.17 Å². The molecule has 2 heterocycles. The van der Waals surface area contributed by atoms with Gasteiger partial charge in [-0.2, -0.15) is 0 Å². The average Bonchev–Trinajstić information content (AvgIpc) is 3.18. The van der Waals surface area contributed by atoms with E-state index in [2.05, 4.69) is 28.0 Å². The lowest BCUT2D eigenvalue weighted by Gasteiger charge is -2.37. The molecule has 1 aliphatic heterocycles. The van der Waals surface area contributed by atoms with Crippen LogP contribution in [-0.2, 0) is 0 Å². The fourth-order valence-corrected chi connectivity index (χ4v) is 4.47. The maximum Gasteiger partial charge on any atom is 0.186 e. The summed E-state index contributed by atoms with van der Waals surface area (Å²) in [5, 5.41) is 1.11. The number of rotatable bonds is 7. The van der Waals surface area contributed by atoms with Gasteiger partial charge in [-0.3, -0.25) is 4.90 Å². The first-order valence-electron chi connectivity index (χ1n) is 9.60. The highest BCUT2D eigenvalue weighted by molar-refractivity contribution is 7.22. The van der Waals surface area contributed by atoms with Gasteiger partial charge in [-0.15, -0.1) is 0 Å². The van der Waals surface area contributed by atoms with Crippen LogP contribution in [0.5, 0.6) is 11.5 Å². The zero-order chi connectivity index (χ0) is 19.3. The number of nitrogens with zero attached hydrogens (tertiary/aromatic N) is 3. The summed E-state index contributed by atoms with van der Waals surface area (Å²) < 4.78 is 12.4. The SMILES string of the molecule is COc1ccccc1OCCC(N)N1CCN(c2nc3ccccc3s2)CC1. The number of para-hydroxylation sites is 3. The van der Waals surface area contributed by atoms with E-state index in [1.54, 1.807) is 18.4 Å². The summed E-state index contributed by atoms with van der Waals surface area (Å²) >= 11 is 1.76. The van der Waals surface area contributed by atoms with Crippen LogP contribution in [0.15, 0.2) is 48.5 Å². The molecule has 6 nitrogen and oxygen atoms in total. The summed E-state index contributed by atoms with van der Waals surface area (Å²) in [4.78, 5) is 9.46. The maximum atomic E-state index is 6.41. The second kappa shape index (κ2) is 8.77. The van der Waals surface area contributed by atoms with Gasteiger partial charge in [0.1, 0.15) is 0 Å². The normalized spacial score (nSPS) is 16.3. The number of anilines is 1. The number of nitrogens with two attached hydrogens (primary N) is 1. The molecule has 0 spiro atoms. The predicted molar refractivity (Wildman–Crippen MR) is 114 cm³/mol. The van der Waals surface area contributed by atoms with Crippen molar-refractivity contribution >= 4 is 26.7 Å². The fraction of sp³-hybridized carbons (Fsp3) is 0.381. The van der Waals surface area contributed by atoms with E-state index in [0.717, 1.165) is 54.7 Å². The molecule has 0 saturated carbocycles. The summed E-state index contributed by atoms with van der Waals surface area (Å²) in [6.07, 6.45) is 0.770. The molecular formula is C21H26N4O2S. The molecule has 1 saturated heterocycles. The second-order valence-electron chi connectivity index (χ2n) is 6.84. The Morgan fingerprint density at radius 3 is 2.50 bits per heavy atom. The largest absolute Gasteiger partial charge is 0.493 e. The van der Waals surface area contributed by atoms with Crippen LogP contribution in [0.4, 0.5) is 5.13 Å². The Balaban J connectivity index is 1.26. The molecule has 0 amide bonds. The molecule has 0 aliphatic carbocycles. The molecule has 28 heavy (non-hydrogen) atoms. The molecule has 4 rings (SSSR count). The highest BCUT2D eigenvalue weighted by Gasteiger charge is 2.23. The van der Waals surface area contributed by atoms with Crippen LogP contribution in [-0.4, -0.2) is 55.9 Å². The van der Waals surface area contributed by atoms with Crippen LogP contribution >= 0.6 is 11.3 Å². The lowest BCUT2D eigenvalue weighted by Crippen LogP contribution is -2.53. The van der Waals surface area contributed by atoms with Gasteiger partial charge in [-0.25, -0.2) is 4.98 Å². The van der Waals surface area contributed by atoms with Crippen molar-refractivity contribution in [2.75, 3.05) is 44.8 Å². The van der Waals surface area contributed by atoms with Crippen LogP contribution in [0.3, 0.4) is 0 Å². The van der Waals surface area contributed by atoms with Gasteiger partial charge in [0.2, 0.25) is 0 Å². The van der Waals surface area contributed by atoms with Crippen molar-refractivity contribution in [2.45, 2.75) is 12.6 Å². The Hall–Kier alpha value is -2.35. The molecule has 2 N–H and O–H groups in total. The van der Waals surface area contributed by atoms with E-state index in [1.165, 1.54) is 4.70 Å². The second-order valence-corrected chi connectivity index (χ2v) is 7.85. The van der Waals surface area contributed by atoms with E-state index in [1.807, 2.05) is 30.3 Å². The molecule has 1 unspecified atom stereocenters. The van der Waals surface area contributed by atoms with Gasteiger partial charge >= 0.3 is 0 Å². The molecule has 0 bridgehead atoms. The third-order valence-electron chi connectivity index (χ3n) is 5.08. The first-order valence-corrected chi connectivity index (χ1v) is 10.4. The molecule has 148 valence electrons. The number of ether oxygens (including phenoxy) is 2. The van der Waals surface area contributed by atoms with Crippen LogP contribution < -0.4 is 20.1 Å². The van der Waals surface area contributed by atoms with E-state index < -0.39 is 0 Å². The Morgan fingerprint density at radius 1 is 1.04 bits per heavy atom. The zero-order valence-electron chi connectivity index (χ0n) is 16.1. The minimum Gasteiger partial charge on any atom is -0.493 e. The van der Waals surface area contributed by atoms with Crippen molar-refractivity contribution in [2.24, 2.45) is 5.73 Å². The monoisotopic (exact) mass is 398 g/mol. The summed E-state index contributed by atoms with van der Waals surface area (Å²) in [7, 11) is 1.65. The summed E-state index contributed by atoms with van der Waals surface area (Å²) in [6.45, 7) is 4.33. The highest BCUT2D eigenvalue weighted by Crippen LogP contribution is 2.29. The van der Waals surface area contributed by atoms with Gasteiger partial charge < -0.3 is 20.1 Å². The van der Waals surface area contributed by atoms with Crippen molar-refractivity contribution in [3.63, 3.8) is 0 Å². The number of fused-ring (bicyclic) bond motifs is 1. The number of hydrogen-bond donors (Lipinski definition) is 1. The maximum absolute atomic E-state index is 6.41. The molecule has 1 aromatic heterocycles. The van der Waals surface area contributed by atoms with Gasteiger partial charge in [-0.05, 0) is 24.3 Å². The molecular weight excluding hydrogens is 372 g/mol. The molecule has 2 aromatic carbocycles. The van der Waals surface area contributed by atoms with E-state index in [4.69, 9.17) is 20.2 Å². The standard InChI is InChI=1S/C21H26N4O2S/c1-26-17-7-3-4-8-18(17)27-15-10-20(22)24-11-13-25(14-12-24)21-23-16-6-2-5-9-19(16)28-21/h2-9,20H,10-15,22H2,1H3. The lowest BCUT2D eigenvalue weighted by atomic mass is 10.2. The molecule has 1 fully saturated rings. The quantitative estimate of drug-likeness (QED) is 0.660. The van der Waals surface area contributed by atoms with Gasteiger partial charge in [0, 0.05) is 32.6 Å². The summed E-state index contributed by atoms with van der Waals surface area (Å²) in [5.74, 6) is 1.51. The van der Waals surface area contributed by atoms with Crippen molar-refractivity contribution < 1.29 is 9.47 Å². The van der Waals surface area contributed by atoms with Crippen LogP contribution in [0.2, 0.25) is 0 Å². The number of hydrogen-bond acceptors (Lipinski definition) is 7. The van der Waals surface area contributed by atoms with E-state index in [9.17, 15) is 0 Å². The van der Waals surface area contributed by atoms with Gasteiger partial charge in [0.05, 0.1) is 30.1 Å². The minimum absolute atomic E-state index is 0.00720. The highest BCUT2D eigenvalue weighted by atomic mass is 32.1. The Kier molecular flexibility index (Phi) is 5.95. The van der Waals surface area contributed by atoms with Crippen LogP contribution in [0.1, 0.15) is 6.42 Å². The summed E-state index contributed by atoms with van der Waals surface area (Å²) in [6, 6.07) is 16.0. The molecule has 7 heteroatoms. The Morgan fingerprint density at radius 2 is 1.75 bits per heavy atom. The predicted octanol–water partition coefficient (Wildman–Crippen LogP) is 3.18. The first-order chi connectivity index (χ1) is 13.7. The van der Waals surface area contributed by atoms with Crippen LogP contribution in [0.25, 0.3) is 10.2 Å². The number of aromatic nitrogens is 1. The first kappa shape index (κ1) is 19.0.